The van der Waals surface area contributed by atoms with Gasteiger partial charge in [0.2, 0.25) is 0 Å². The molecule has 1 aliphatic heterocycles. The third kappa shape index (κ3) is 7.53. The Morgan fingerprint density at radius 1 is 1.17 bits per heavy atom. The van der Waals surface area contributed by atoms with Crippen LogP contribution in [0.25, 0.3) is 0 Å². The molecule has 6 nitrogen and oxygen atoms in total. The van der Waals surface area contributed by atoms with Gasteiger partial charge < -0.3 is 15.4 Å². The van der Waals surface area contributed by atoms with Crippen molar-refractivity contribution in [3.8, 4) is 0 Å². The molecule has 0 radical (unpaired) electrons. The summed E-state index contributed by atoms with van der Waals surface area (Å²) in [5.74, 6) is 0.761. The highest BCUT2D eigenvalue weighted by Crippen LogP contribution is 2.27. The Morgan fingerprint density at radius 3 is 2.60 bits per heavy atom. The molecule has 3 rings (SSSR count). The first-order valence-electron chi connectivity index (χ1n) is 9.78. The fraction of sp³-hybridized carbons (Fsp3) is 0.429. The minimum atomic E-state index is 0. The maximum atomic E-state index is 6.50. The number of aromatic nitrogens is 1. The molecule has 1 atom stereocenters. The van der Waals surface area contributed by atoms with E-state index in [4.69, 9.17) is 27.9 Å². The van der Waals surface area contributed by atoms with E-state index in [1.807, 2.05) is 24.3 Å². The van der Waals surface area contributed by atoms with Crippen molar-refractivity contribution in [3.05, 3.63) is 63.9 Å². The van der Waals surface area contributed by atoms with E-state index in [0.29, 0.717) is 11.7 Å². The molecule has 2 N–H and O–H groups in total. The smallest absolute Gasteiger partial charge is 0.191 e. The van der Waals surface area contributed by atoms with Gasteiger partial charge in [0.1, 0.15) is 5.15 Å². The molecule has 0 saturated carbocycles. The number of hydrogen-bond donors (Lipinski definition) is 2. The summed E-state index contributed by atoms with van der Waals surface area (Å²) in [5.41, 5.74) is 2.24. The highest BCUT2D eigenvalue weighted by molar-refractivity contribution is 14.0. The molecule has 1 aromatic heterocycles. The second-order valence-corrected chi connectivity index (χ2v) is 7.60. The molecular formula is C21H28Cl2IN5O. The molecule has 0 spiro atoms. The van der Waals surface area contributed by atoms with Gasteiger partial charge in [-0.15, -0.1) is 24.0 Å². The van der Waals surface area contributed by atoms with Crippen molar-refractivity contribution < 1.29 is 4.74 Å². The lowest BCUT2D eigenvalue weighted by Crippen LogP contribution is -2.46. The number of halogens is 3. The Morgan fingerprint density at radius 2 is 1.93 bits per heavy atom. The van der Waals surface area contributed by atoms with Crippen molar-refractivity contribution in [2.24, 2.45) is 4.99 Å². The molecular weight excluding hydrogens is 536 g/mol. The van der Waals surface area contributed by atoms with Crippen molar-refractivity contribution in [2.75, 3.05) is 46.4 Å². The number of pyridine rings is 1. The molecule has 0 aliphatic carbocycles. The normalized spacial score (nSPS) is 15.9. The van der Waals surface area contributed by atoms with Gasteiger partial charge in [0.15, 0.2) is 5.96 Å². The summed E-state index contributed by atoms with van der Waals surface area (Å²) >= 11 is 12.3. The zero-order chi connectivity index (χ0) is 20.5. The average Bonchev–Trinajstić information content (AvgIpc) is 2.76. The predicted molar refractivity (Wildman–Crippen MR) is 134 cm³/mol. The third-order valence-corrected chi connectivity index (χ3v) is 5.50. The summed E-state index contributed by atoms with van der Waals surface area (Å²) < 4.78 is 5.52. The molecule has 0 bridgehead atoms. The molecule has 2 aromatic rings. The number of guanidine groups is 1. The lowest BCUT2D eigenvalue weighted by atomic mass is 10.0. The summed E-state index contributed by atoms with van der Waals surface area (Å²) in [6.45, 7) is 4.69. The van der Waals surface area contributed by atoms with Crippen LogP contribution in [0.2, 0.25) is 10.2 Å². The summed E-state index contributed by atoms with van der Waals surface area (Å²) in [6, 6.07) is 12.0. The van der Waals surface area contributed by atoms with Gasteiger partial charge in [-0.25, -0.2) is 4.98 Å². The fourth-order valence-electron chi connectivity index (χ4n) is 3.36. The highest BCUT2D eigenvalue weighted by atomic mass is 127. The van der Waals surface area contributed by atoms with Crippen LogP contribution in [-0.2, 0) is 11.2 Å². The number of morpholine rings is 1. The Bertz CT molecular complexity index is 800. The van der Waals surface area contributed by atoms with Crippen molar-refractivity contribution in [1.29, 1.82) is 0 Å². The van der Waals surface area contributed by atoms with Gasteiger partial charge in [0, 0.05) is 44.4 Å². The largest absolute Gasteiger partial charge is 0.379 e. The van der Waals surface area contributed by atoms with Gasteiger partial charge >= 0.3 is 0 Å². The molecule has 30 heavy (non-hydrogen) atoms. The Hall–Kier alpha value is -1.13. The summed E-state index contributed by atoms with van der Waals surface area (Å²) in [4.78, 5) is 10.9. The molecule has 9 heteroatoms. The predicted octanol–water partition coefficient (Wildman–Crippen LogP) is 3.79. The van der Waals surface area contributed by atoms with E-state index >= 15 is 0 Å². The maximum absolute atomic E-state index is 6.50. The minimum absolute atomic E-state index is 0. The van der Waals surface area contributed by atoms with Crippen LogP contribution in [-0.4, -0.2) is 62.3 Å². The van der Waals surface area contributed by atoms with Gasteiger partial charge in [-0.05, 0) is 29.7 Å². The van der Waals surface area contributed by atoms with Crippen molar-refractivity contribution in [1.82, 2.24) is 20.5 Å². The maximum Gasteiger partial charge on any atom is 0.191 e. The highest BCUT2D eigenvalue weighted by Gasteiger charge is 2.24. The first-order valence-corrected chi connectivity index (χ1v) is 10.5. The zero-order valence-corrected chi connectivity index (χ0v) is 20.8. The third-order valence-electron chi connectivity index (χ3n) is 4.93. The second kappa shape index (κ2) is 13.3. The average molecular weight is 564 g/mol. The summed E-state index contributed by atoms with van der Waals surface area (Å²) in [5, 5.41) is 8.10. The number of benzene rings is 1. The number of aliphatic imine (C=N–C) groups is 1. The standard InChI is InChI=1S/C21H27Cl2N5O.HI/c1-24-21(25-9-8-16-6-7-20(23)26-14-16)27-15-19(28-10-12-29-13-11-28)17-4-2-3-5-18(17)22;/h2-7,14,19H,8-13,15H2,1H3,(H2,24,25,27);1H. The van der Waals surface area contributed by atoms with Crippen LogP contribution < -0.4 is 10.6 Å². The topological polar surface area (TPSA) is 61.8 Å². The molecule has 1 fully saturated rings. The monoisotopic (exact) mass is 563 g/mol. The van der Waals surface area contributed by atoms with Gasteiger partial charge in [-0.2, -0.15) is 0 Å². The molecule has 164 valence electrons. The van der Waals surface area contributed by atoms with Crippen LogP contribution in [0.4, 0.5) is 0 Å². The number of nitrogens with one attached hydrogen (secondary N) is 2. The Balaban J connectivity index is 0.00000320. The van der Waals surface area contributed by atoms with E-state index in [0.717, 1.165) is 61.4 Å². The van der Waals surface area contributed by atoms with Gasteiger partial charge in [-0.3, -0.25) is 9.89 Å². The van der Waals surface area contributed by atoms with Crippen LogP contribution in [0.1, 0.15) is 17.2 Å². The Kier molecular flexibility index (Phi) is 11.2. The Labute approximate surface area is 205 Å². The van der Waals surface area contributed by atoms with Crippen LogP contribution in [0.5, 0.6) is 0 Å². The van der Waals surface area contributed by atoms with Gasteiger partial charge in [0.05, 0.1) is 19.3 Å². The van der Waals surface area contributed by atoms with Crippen LogP contribution >= 0.6 is 47.2 Å². The van der Waals surface area contributed by atoms with E-state index in [1.165, 1.54) is 0 Å². The lowest BCUT2D eigenvalue weighted by Gasteiger charge is -2.35. The molecule has 1 unspecified atom stereocenters. The number of rotatable bonds is 7. The quantitative estimate of drug-likeness (QED) is 0.232. The molecule has 1 saturated heterocycles. The molecule has 0 amide bonds. The molecule has 1 aromatic carbocycles. The lowest BCUT2D eigenvalue weighted by molar-refractivity contribution is 0.0170. The minimum Gasteiger partial charge on any atom is -0.379 e. The van der Waals surface area contributed by atoms with E-state index in [1.54, 1.807) is 19.3 Å². The second-order valence-electron chi connectivity index (χ2n) is 6.80. The van der Waals surface area contributed by atoms with Crippen LogP contribution in [0.15, 0.2) is 47.6 Å². The van der Waals surface area contributed by atoms with Crippen LogP contribution in [0, 0.1) is 0 Å². The van der Waals surface area contributed by atoms with Gasteiger partial charge in [-0.1, -0.05) is 47.5 Å². The van der Waals surface area contributed by atoms with Crippen molar-refractivity contribution in [2.45, 2.75) is 12.5 Å². The van der Waals surface area contributed by atoms with E-state index in [9.17, 15) is 0 Å². The molecule has 2 heterocycles. The molecule has 1 aliphatic rings. The summed E-state index contributed by atoms with van der Waals surface area (Å²) in [6.07, 6.45) is 2.63. The zero-order valence-electron chi connectivity index (χ0n) is 17.0. The number of hydrogen-bond acceptors (Lipinski definition) is 4. The van der Waals surface area contributed by atoms with Crippen molar-refractivity contribution in [3.63, 3.8) is 0 Å². The SMILES string of the molecule is CN=C(NCCc1ccc(Cl)nc1)NCC(c1ccccc1Cl)N1CCOCC1.I. The number of nitrogens with zero attached hydrogens (tertiary/aromatic N) is 3. The first-order chi connectivity index (χ1) is 14.2. The number of ether oxygens (including phenoxy) is 1. The van der Waals surface area contributed by atoms with E-state index in [-0.39, 0.29) is 30.0 Å². The van der Waals surface area contributed by atoms with E-state index < -0.39 is 0 Å². The first kappa shape index (κ1) is 25.1. The van der Waals surface area contributed by atoms with Crippen LogP contribution in [0.3, 0.4) is 0 Å². The van der Waals surface area contributed by atoms with Crippen molar-refractivity contribution >= 4 is 53.1 Å². The fourth-order valence-corrected chi connectivity index (χ4v) is 3.74. The van der Waals surface area contributed by atoms with Gasteiger partial charge in [0.25, 0.3) is 0 Å². The van der Waals surface area contributed by atoms with E-state index in [2.05, 4.69) is 31.6 Å². The summed E-state index contributed by atoms with van der Waals surface area (Å²) in [7, 11) is 1.78.